The summed E-state index contributed by atoms with van der Waals surface area (Å²) in [5, 5.41) is 0.922. The largest absolute Gasteiger partial charge is 0.308 e. The molecule has 0 unspecified atom stereocenters. The lowest BCUT2D eigenvalue weighted by molar-refractivity contribution is 0.538. The summed E-state index contributed by atoms with van der Waals surface area (Å²) in [6, 6.07) is 0. The summed E-state index contributed by atoms with van der Waals surface area (Å²) in [6.45, 7) is 0. The van der Waals surface area contributed by atoms with Crippen LogP contribution < -0.4 is 0 Å². The number of alkyl halides is 1. The minimum absolute atomic E-state index is 0.687. The lowest BCUT2D eigenvalue weighted by atomic mass is 10.3. The summed E-state index contributed by atoms with van der Waals surface area (Å²) in [7, 11) is 0. The average Bonchev–Trinajstić information content (AvgIpc) is 2.09. The second-order valence-corrected chi connectivity index (χ2v) is 2.96. The molecule has 2 nitrogen and oxygen atoms in total. The molecule has 0 saturated carbocycles. The van der Waals surface area contributed by atoms with E-state index in [2.05, 4.69) is 25.9 Å². The average molecular weight is 231 g/mol. The molecule has 0 radical (unpaired) electrons. The van der Waals surface area contributed by atoms with Gasteiger partial charge in [0.2, 0.25) is 0 Å². The molecule has 0 saturated heterocycles. The molecule has 12 heavy (non-hydrogen) atoms. The second-order valence-electron chi connectivity index (χ2n) is 2.17. The molecular weight excluding hydrogens is 223 g/mol. The number of hydrogen-bond donors (Lipinski definition) is 0. The third-order valence-electron chi connectivity index (χ3n) is 1.23. The quantitative estimate of drug-likeness (QED) is 0.589. The fourth-order valence-electron chi connectivity index (χ4n) is 0.691. The van der Waals surface area contributed by atoms with Gasteiger partial charge in [-0.3, -0.25) is 0 Å². The first-order chi connectivity index (χ1) is 5.83. The number of halogens is 2. The summed E-state index contributed by atoms with van der Waals surface area (Å²) >= 11 is 3.29. The summed E-state index contributed by atoms with van der Waals surface area (Å²) in [5.41, 5.74) is 0.817. The zero-order valence-electron chi connectivity index (χ0n) is 6.37. The molecule has 0 bridgehead atoms. The molecule has 0 N–H and O–H groups in total. The maximum absolute atomic E-state index is 12.2. The molecule has 1 heterocycles. The third kappa shape index (κ3) is 3.09. The Morgan fingerprint density at radius 3 is 2.67 bits per heavy atom. The zero-order valence-corrected chi connectivity index (χ0v) is 7.96. The maximum Gasteiger partial charge on any atom is 0.308 e. The summed E-state index contributed by atoms with van der Waals surface area (Å²) in [4.78, 5) is 6.83. The van der Waals surface area contributed by atoms with Crippen molar-refractivity contribution in [1.82, 2.24) is 9.97 Å². The minimum Gasteiger partial charge on any atom is -0.210 e. The zero-order chi connectivity index (χ0) is 8.81. The Bertz CT molecular complexity index is 258. The van der Waals surface area contributed by atoms with Gasteiger partial charge in [0.25, 0.3) is 0 Å². The highest BCUT2D eigenvalue weighted by molar-refractivity contribution is 9.09. The van der Waals surface area contributed by atoms with Crippen LogP contribution in [0.25, 0.3) is 6.08 Å². The van der Waals surface area contributed by atoms with E-state index < -0.39 is 6.08 Å². The van der Waals surface area contributed by atoms with Crippen molar-refractivity contribution in [3.8, 4) is 0 Å². The molecule has 4 heteroatoms. The van der Waals surface area contributed by atoms with Gasteiger partial charge in [0.15, 0.2) is 0 Å². The third-order valence-corrected chi connectivity index (χ3v) is 1.68. The Morgan fingerprint density at radius 1 is 1.42 bits per heavy atom. The van der Waals surface area contributed by atoms with Crippen molar-refractivity contribution in [3.05, 3.63) is 30.1 Å². The molecule has 1 aromatic heterocycles. The maximum atomic E-state index is 12.2. The van der Waals surface area contributed by atoms with Crippen LogP contribution in [0.2, 0.25) is 0 Å². The number of rotatable bonds is 3. The van der Waals surface area contributed by atoms with Gasteiger partial charge in [0, 0.05) is 23.3 Å². The monoisotopic (exact) mass is 230 g/mol. The van der Waals surface area contributed by atoms with Crippen molar-refractivity contribution >= 4 is 22.0 Å². The van der Waals surface area contributed by atoms with Crippen molar-refractivity contribution in [1.29, 1.82) is 0 Å². The molecule has 1 aromatic rings. The summed E-state index contributed by atoms with van der Waals surface area (Å²) < 4.78 is 12.2. The number of allylic oxidation sites excluding steroid dienone is 1. The van der Waals surface area contributed by atoms with Crippen LogP contribution in [-0.2, 0) is 0 Å². The predicted molar refractivity (Wildman–Crippen MR) is 49.4 cm³/mol. The van der Waals surface area contributed by atoms with Gasteiger partial charge in [-0.25, -0.2) is 9.97 Å². The van der Waals surface area contributed by atoms with Gasteiger partial charge in [-0.05, 0) is 6.42 Å². The lowest BCUT2D eigenvalue weighted by Crippen LogP contribution is -1.87. The van der Waals surface area contributed by atoms with Crippen molar-refractivity contribution in [2.75, 3.05) is 5.33 Å². The number of aromatic nitrogens is 2. The van der Waals surface area contributed by atoms with E-state index in [4.69, 9.17) is 0 Å². The summed E-state index contributed by atoms with van der Waals surface area (Å²) in [6.07, 6.45) is 7.00. The highest BCUT2D eigenvalue weighted by Crippen LogP contribution is 2.00. The SMILES string of the molecule is Fc1ncc(C=CCCBr)cn1. The van der Waals surface area contributed by atoms with Gasteiger partial charge in [-0.15, -0.1) is 0 Å². The van der Waals surface area contributed by atoms with Crippen molar-refractivity contribution < 1.29 is 4.39 Å². The molecule has 0 atom stereocenters. The highest BCUT2D eigenvalue weighted by Gasteiger charge is 1.90. The Balaban J connectivity index is 2.58. The first-order valence-corrected chi connectivity index (χ1v) is 4.65. The van der Waals surface area contributed by atoms with Gasteiger partial charge in [-0.2, -0.15) is 4.39 Å². The predicted octanol–water partition coefficient (Wildman–Crippen LogP) is 2.41. The second kappa shape index (κ2) is 4.98. The topological polar surface area (TPSA) is 25.8 Å². The van der Waals surface area contributed by atoms with E-state index >= 15 is 0 Å². The fourth-order valence-corrected chi connectivity index (χ4v) is 0.955. The molecule has 1 rings (SSSR count). The normalized spacial score (nSPS) is 10.8. The van der Waals surface area contributed by atoms with Crippen LogP contribution in [0.15, 0.2) is 18.5 Å². The van der Waals surface area contributed by atoms with Gasteiger partial charge >= 0.3 is 6.08 Å². The van der Waals surface area contributed by atoms with Crippen LogP contribution in [0.5, 0.6) is 0 Å². The Morgan fingerprint density at radius 2 is 2.08 bits per heavy atom. The van der Waals surface area contributed by atoms with E-state index in [0.29, 0.717) is 0 Å². The molecule has 0 aliphatic rings. The van der Waals surface area contributed by atoms with Crippen LogP contribution in [0.4, 0.5) is 4.39 Å². The molecule has 0 spiro atoms. The molecule has 0 fully saturated rings. The van der Waals surface area contributed by atoms with E-state index in [9.17, 15) is 4.39 Å². The van der Waals surface area contributed by atoms with Crippen LogP contribution in [-0.4, -0.2) is 15.3 Å². The van der Waals surface area contributed by atoms with Gasteiger partial charge in [0.05, 0.1) is 0 Å². The first kappa shape index (κ1) is 9.32. The number of nitrogens with zero attached hydrogens (tertiary/aromatic N) is 2. The standard InChI is InChI=1S/C8H8BrFN2/c9-4-2-1-3-7-5-11-8(10)12-6-7/h1,3,5-6H,2,4H2. The van der Waals surface area contributed by atoms with Crippen LogP contribution in [0.3, 0.4) is 0 Å². The van der Waals surface area contributed by atoms with Gasteiger partial charge in [-0.1, -0.05) is 28.1 Å². The van der Waals surface area contributed by atoms with E-state index in [0.717, 1.165) is 17.3 Å². The van der Waals surface area contributed by atoms with Gasteiger partial charge in [0.1, 0.15) is 0 Å². The van der Waals surface area contributed by atoms with Crippen molar-refractivity contribution in [2.24, 2.45) is 0 Å². The molecule has 0 aliphatic carbocycles. The van der Waals surface area contributed by atoms with Crippen LogP contribution in [0, 0.1) is 6.08 Å². The number of hydrogen-bond acceptors (Lipinski definition) is 2. The Labute approximate surface area is 78.7 Å². The Kier molecular flexibility index (Phi) is 3.87. The van der Waals surface area contributed by atoms with E-state index in [1.165, 1.54) is 12.4 Å². The van der Waals surface area contributed by atoms with E-state index in [1.54, 1.807) is 0 Å². The van der Waals surface area contributed by atoms with Gasteiger partial charge < -0.3 is 0 Å². The molecule has 0 amide bonds. The Hall–Kier alpha value is -0.770. The summed E-state index contributed by atoms with van der Waals surface area (Å²) in [5.74, 6) is 0. The fraction of sp³-hybridized carbons (Fsp3) is 0.250. The smallest absolute Gasteiger partial charge is 0.210 e. The molecule has 64 valence electrons. The van der Waals surface area contributed by atoms with Crippen molar-refractivity contribution in [3.63, 3.8) is 0 Å². The van der Waals surface area contributed by atoms with E-state index in [1.807, 2.05) is 12.2 Å². The molecule has 0 aromatic carbocycles. The minimum atomic E-state index is -0.687. The van der Waals surface area contributed by atoms with Crippen molar-refractivity contribution in [2.45, 2.75) is 6.42 Å². The van der Waals surface area contributed by atoms with E-state index in [-0.39, 0.29) is 0 Å². The van der Waals surface area contributed by atoms with Crippen LogP contribution >= 0.6 is 15.9 Å². The highest BCUT2D eigenvalue weighted by atomic mass is 79.9. The van der Waals surface area contributed by atoms with Crippen LogP contribution in [0.1, 0.15) is 12.0 Å². The molecule has 0 aliphatic heterocycles. The first-order valence-electron chi connectivity index (χ1n) is 3.53. The lowest BCUT2D eigenvalue weighted by Gasteiger charge is -1.90. The molecular formula is C8H8BrFN2.